The maximum absolute atomic E-state index is 12.9. The molecule has 0 fully saturated rings. The average molecular weight is 347 g/mol. The molecule has 0 amide bonds. The smallest absolute Gasteiger partial charge is 0.244 e. The van der Waals surface area contributed by atoms with E-state index < -0.39 is 10.0 Å². The van der Waals surface area contributed by atoms with Gasteiger partial charge in [0.15, 0.2) is 0 Å². The lowest BCUT2D eigenvalue weighted by atomic mass is 9.88. The van der Waals surface area contributed by atoms with Gasteiger partial charge in [0.1, 0.15) is 16.4 Å². The number of methoxy groups -OCH3 is 2. The van der Waals surface area contributed by atoms with Gasteiger partial charge in [0, 0.05) is 12.1 Å². The van der Waals surface area contributed by atoms with Gasteiger partial charge >= 0.3 is 0 Å². The lowest BCUT2D eigenvalue weighted by molar-refractivity contribution is 0.391. The predicted molar refractivity (Wildman–Crippen MR) is 92.0 cm³/mol. The number of rotatable bonds is 5. The maximum Gasteiger partial charge on any atom is 0.244 e. The zero-order chi connectivity index (χ0) is 17.2. The van der Waals surface area contributed by atoms with Crippen molar-refractivity contribution in [2.45, 2.75) is 30.2 Å². The molecule has 1 aliphatic carbocycles. The fourth-order valence-electron chi connectivity index (χ4n) is 3.12. The molecule has 0 radical (unpaired) electrons. The van der Waals surface area contributed by atoms with Gasteiger partial charge in [0.05, 0.1) is 14.2 Å². The number of hydrogen-bond acceptors (Lipinski definition) is 4. The molecular formula is C18H21NO4S. The Bertz CT molecular complexity index is 833. The van der Waals surface area contributed by atoms with E-state index in [1.54, 1.807) is 12.1 Å². The molecule has 5 nitrogen and oxygen atoms in total. The second-order valence-electron chi connectivity index (χ2n) is 5.78. The Labute approximate surface area is 142 Å². The SMILES string of the molecule is COc1ccc(OC)c(S(=O)(=O)N[C@H]2CCCc3ccccc32)c1. The quantitative estimate of drug-likeness (QED) is 0.903. The van der Waals surface area contributed by atoms with Gasteiger partial charge in [-0.2, -0.15) is 0 Å². The van der Waals surface area contributed by atoms with Crippen LogP contribution in [0.2, 0.25) is 0 Å². The molecule has 2 aromatic rings. The van der Waals surface area contributed by atoms with Crippen molar-refractivity contribution in [2.75, 3.05) is 14.2 Å². The van der Waals surface area contributed by atoms with Crippen molar-refractivity contribution in [3.05, 3.63) is 53.6 Å². The molecule has 24 heavy (non-hydrogen) atoms. The summed E-state index contributed by atoms with van der Waals surface area (Å²) < 4.78 is 39.0. The monoisotopic (exact) mass is 347 g/mol. The minimum absolute atomic E-state index is 0.0902. The first-order chi connectivity index (χ1) is 11.5. The topological polar surface area (TPSA) is 64.6 Å². The molecule has 0 aromatic heterocycles. The Morgan fingerprint density at radius 1 is 1.08 bits per heavy atom. The average Bonchev–Trinajstić information content (AvgIpc) is 2.61. The molecule has 0 heterocycles. The zero-order valence-corrected chi connectivity index (χ0v) is 14.6. The van der Waals surface area contributed by atoms with Gasteiger partial charge < -0.3 is 9.47 Å². The minimum Gasteiger partial charge on any atom is -0.497 e. The molecule has 1 atom stereocenters. The highest BCUT2D eigenvalue weighted by Gasteiger charge is 2.28. The van der Waals surface area contributed by atoms with Crippen LogP contribution < -0.4 is 14.2 Å². The summed E-state index contributed by atoms with van der Waals surface area (Å²) >= 11 is 0. The third kappa shape index (κ3) is 3.25. The van der Waals surface area contributed by atoms with E-state index in [0.717, 1.165) is 24.8 Å². The van der Waals surface area contributed by atoms with Gasteiger partial charge in [-0.25, -0.2) is 13.1 Å². The molecular weight excluding hydrogens is 326 g/mol. The van der Waals surface area contributed by atoms with Crippen LogP contribution in [-0.2, 0) is 16.4 Å². The van der Waals surface area contributed by atoms with E-state index in [1.165, 1.54) is 25.8 Å². The molecule has 0 saturated heterocycles. The van der Waals surface area contributed by atoms with Crippen LogP contribution in [0.3, 0.4) is 0 Å². The summed E-state index contributed by atoms with van der Waals surface area (Å²) in [4.78, 5) is 0.0902. The summed E-state index contributed by atoms with van der Waals surface area (Å²) in [5.41, 5.74) is 2.25. The first kappa shape index (κ1) is 16.8. The summed E-state index contributed by atoms with van der Waals surface area (Å²) in [7, 11) is -0.775. The van der Waals surface area contributed by atoms with Gasteiger partial charge in [-0.3, -0.25) is 0 Å². The molecule has 0 aliphatic heterocycles. The van der Waals surface area contributed by atoms with E-state index in [2.05, 4.69) is 10.8 Å². The van der Waals surface area contributed by atoms with Crippen molar-refractivity contribution in [3.63, 3.8) is 0 Å². The lowest BCUT2D eigenvalue weighted by Crippen LogP contribution is -2.31. The number of aryl methyl sites for hydroxylation is 1. The van der Waals surface area contributed by atoms with Gasteiger partial charge in [0.2, 0.25) is 10.0 Å². The number of nitrogens with one attached hydrogen (secondary N) is 1. The van der Waals surface area contributed by atoms with Gasteiger partial charge in [-0.1, -0.05) is 24.3 Å². The second kappa shape index (κ2) is 6.83. The van der Waals surface area contributed by atoms with Crippen molar-refractivity contribution < 1.29 is 17.9 Å². The number of hydrogen-bond donors (Lipinski definition) is 1. The minimum atomic E-state index is -3.73. The molecule has 0 bridgehead atoms. The van der Waals surface area contributed by atoms with E-state index in [-0.39, 0.29) is 10.9 Å². The molecule has 1 aliphatic rings. The number of fused-ring (bicyclic) bond motifs is 1. The Morgan fingerprint density at radius 2 is 1.88 bits per heavy atom. The summed E-state index contributed by atoms with van der Waals surface area (Å²) in [6.07, 6.45) is 2.72. The molecule has 128 valence electrons. The first-order valence-corrected chi connectivity index (χ1v) is 9.35. The van der Waals surface area contributed by atoms with Crippen molar-refractivity contribution in [1.29, 1.82) is 0 Å². The molecule has 6 heteroatoms. The maximum atomic E-state index is 12.9. The van der Waals surface area contributed by atoms with Gasteiger partial charge in [-0.05, 0) is 42.5 Å². The first-order valence-electron chi connectivity index (χ1n) is 7.87. The molecule has 0 unspecified atom stereocenters. The van der Waals surface area contributed by atoms with Crippen molar-refractivity contribution >= 4 is 10.0 Å². The van der Waals surface area contributed by atoms with E-state index in [4.69, 9.17) is 9.47 Å². The van der Waals surface area contributed by atoms with Gasteiger partial charge in [0.25, 0.3) is 0 Å². The van der Waals surface area contributed by atoms with Crippen LogP contribution in [0.25, 0.3) is 0 Å². The van der Waals surface area contributed by atoms with Crippen molar-refractivity contribution in [2.24, 2.45) is 0 Å². The van der Waals surface area contributed by atoms with Crippen LogP contribution >= 0.6 is 0 Å². The highest BCUT2D eigenvalue weighted by Crippen LogP contribution is 2.33. The predicted octanol–water partition coefficient (Wildman–Crippen LogP) is 3.06. The number of sulfonamides is 1. The highest BCUT2D eigenvalue weighted by molar-refractivity contribution is 7.89. The van der Waals surface area contributed by atoms with Crippen molar-refractivity contribution in [3.8, 4) is 11.5 Å². The van der Waals surface area contributed by atoms with Crippen LogP contribution in [0, 0.1) is 0 Å². The molecule has 0 spiro atoms. The lowest BCUT2D eigenvalue weighted by Gasteiger charge is -2.26. The number of benzene rings is 2. The zero-order valence-electron chi connectivity index (χ0n) is 13.8. The van der Waals surface area contributed by atoms with Crippen LogP contribution in [-0.4, -0.2) is 22.6 Å². The summed E-state index contributed by atoms with van der Waals surface area (Å²) in [6, 6.07) is 12.5. The van der Waals surface area contributed by atoms with Crippen LogP contribution in [0.1, 0.15) is 30.0 Å². The fourth-order valence-corrected chi connectivity index (χ4v) is 4.56. The van der Waals surface area contributed by atoms with Gasteiger partial charge in [-0.15, -0.1) is 0 Å². The summed E-state index contributed by atoms with van der Waals surface area (Å²) in [5.74, 6) is 0.771. The summed E-state index contributed by atoms with van der Waals surface area (Å²) in [6.45, 7) is 0. The Morgan fingerprint density at radius 3 is 2.62 bits per heavy atom. The number of ether oxygens (including phenoxy) is 2. The van der Waals surface area contributed by atoms with Crippen LogP contribution in [0.15, 0.2) is 47.4 Å². The third-order valence-corrected chi connectivity index (χ3v) is 5.82. The molecule has 3 rings (SSSR count). The Kier molecular flexibility index (Phi) is 4.78. The van der Waals surface area contributed by atoms with E-state index in [1.807, 2.05) is 18.2 Å². The third-order valence-electron chi connectivity index (χ3n) is 4.33. The standard InChI is InChI=1S/C18H21NO4S/c1-22-14-10-11-17(23-2)18(12-14)24(20,21)19-16-9-5-7-13-6-3-4-8-15(13)16/h3-4,6,8,10-12,16,19H,5,7,9H2,1-2H3/t16-/m0/s1. The Balaban J connectivity index is 1.96. The van der Waals surface area contributed by atoms with Crippen LogP contribution in [0.5, 0.6) is 11.5 Å². The van der Waals surface area contributed by atoms with E-state index >= 15 is 0 Å². The van der Waals surface area contributed by atoms with E-state index in [9.17, 15) is 8.42 Å². The molecule has 1 N–H and O–H groups in total. The molecule has 2 aromatic carbocycles. The van der Waals surface area contributed by atoms with Crippen molar-refractivity contribution in [1.82, 2.24) is 4.72 Å². The second-order valence-corrected chi connectivity index (χ2v) is 7.46. The summed E-state index contributed by atoms with van der Waals surface area (Å²) in [5, 5.41) is 0. The molecule has 0 saturated carbocycles. The largest absolute Gasteiger partial charge is 0.497 e. The Hall–Kier alpha value is -2.05. The van der Waals surface area contributed by atoms with E-state index in [0.29, 0.717) is 11.5 Å². The van der Waals surface area contributed by atoms with Crippen LogP contribution in [0.4, 0.5) is 0 Å². The normalized spacial score (nSPS) is 17.2. The highest BCUT2D eigenvalue weighted by atomic mass is 32.2. The fraction of sp³-hybridized carbons (Fsp3) is 0.333.